The minimum absolute atomic E-state index is 0.168. The number of benzene rings is 1. The van der Waals surface area contributed by atoms with Gasteiger partial charge in [-0.05, 0) is 110 Å². The molecule has 0 unspecified atom stereocenters. The van der Waals surface area contributed by atoms with E-state index in [9.17, 15) is 19.5 Å². The predicted molar refractivity (Wildman–Crippen MR) is 113 cm³/mol. The van der Waals surface area contributed by atoms with Gasteiger partial charge in [0.1, 0.15) is 0 Å². The lowest BCUT2D eigenvalue weighted by Crippen LogP contribution is -2.47. The summed E-state index contributed by atoms with van der Waals surface area (Å²) in [6, 6.07) is 5.36. The second-order valence-corrected chi connectivity index (χ2v) is 9.89. The number of hydrogen-bond acceptors (Lipinski definition) is 4. The summed E-state index contributed by atoms with van der Waals surface area (Å²) in [6.45, 7) is 0.248. The molecule has 0 aliphatic heterocycles. The average molecular weight is 405 g/mol. The zero-order chi connectivity index (χ0) is 20.9. The van der Waals surface area contributed by atoms with Crippen LogP contribution >= 0.6 is 0 Å². The summed E-state index contributed by atoms with van der Waals surface area (Å²) in [4.78, 5) is 35.4. The maximum Gasteiger partial charge on any atom is 0.335 e. The Morgan fingerprint density at radius 1 is 1.03 bits per heavy atom. The van der Waals surface area contributed by atoms with Crippen LogP contribution in [0, 0.1) is 23.2 Å². The highest BCUT2D eigenvalue weighted by molar-refractivity contribution is 6.17. The number of aromatic carboxylic acids is 1. The van der Waals surface area contributed by atoms with Crippen LogP contribution in [0.4, 0.5) is 5.69 Å². The van der Waals surface area contributed by atoms with E-state index in [-0.39, 0.29) is 23.5 Å². The number of allylic oxidation sites excluding steroid dienone is 3. The van der Waals surface area contributed by atoms with Crippen LogP contribution in [0.2, 0.25) is 0 Å². The van der Waals surface area contributed by atoms with Gasteiger partial charge in [0.05, 0.1) is 5.56 Å². The monoisotopic (exact) mass is 405 g/mol. The predicted octanol–water partition coefficient (Wildman–Crippen LogP) is 4.19. The van der Waals surface area contributed by atoms with Gasteiger partial charge in [-0.25, -0.2) is 4.79 Å². The van der Waals surface area contributed by atoms with Crippen molar-refractivity contribution in [3.63, 3.8) is 0 Å². The Labute approximate surface area is 176 Å². The van der Waals surface area contributed by atoms with Crippen molar-refractivity contribution in [3.05, 3.63) is 53.1 Å². The van der Waals surface area contributed by atoms with Gasteiger partial charge in [-0.15, -0.1) is 0 Å². The summed E-state index contributed by atoms with van der Waals surface area (Å²) in [6.07, 6.45) is 12.5. The Kier molecular flexibility index (Phi) is 4.64. The number of carboxylic acid groups (broad SMARTS) is 1. The van der Waals surface area contributed by atoms with Gasteiger partial charge in [0.15, 0.2) is 11.6 Å². The van der Waals surface area contributed by atoms with Crippen LogP contribution < -0.4 is 5.32 Å². The van der Waals surface area contributed by atoms with Gasteiger partial charge in [-0.2, -0.15) is 0 Å². The Balaban J connectivity index is 1.37. The van der Waals surface area contributed by atoms with E-state index in [1.807, 2.05) is 6.07 Å². The fourth-order valence-electron chi connectivity index (χ4n) is 6.86. The highest BCUT2D eigenvalue weighted by Crippen LogP contribution is 2.61. The van der Waals surface area contributed by atoms with Crippen molar-refractivity contribution >= 4 is 23.2 Å². The first-order valence-corrected chi connectivity index (χ1v) is 11.0. The van der Waals surface area contributed by atoms with Gasteiger partial charge < -0.3 is 10.4 Å². The molecule has 5 aliphatic rings. The summed E-state index contributed by atoms with van der Waals surface area (Å²) in [7, 11) is 0. The maximum absolute atomic E-state index is 12.0. The van der Waals surface area contributed by atoms with Crippen LogP contribution in [0.15, 0.2) is 42.0 Å². The second-order valence-electron chi connectivity index (χ2n) is 9.89. The first kappa shape index (κ1) is 19.3. The van der Waals surface area contributed by atoms with Gasteiger partial charge in [-0.3, -0.25) is 9.59 Å². The molecule has 0 aromatic heterocycles. The van der Waals surface area contributed by atoms with Crippen molar-refractivity contribution in [1.82, 2.24) is 0 Å². The number of rotatable bonds is 6. The molecule has 6 rings (SSSR count). The number of anilines is 1. The molecule has 30 heavy (non-hydrogen) atoms. The zero-order valence-corrected chi connectivity index (χ0v) is 17.0. The fourth-order valence-corrected chi connectivity index (χ4v) is 6.86. The van der Waals surface area contributed by atoms with Gasteiger partial charge in [0.2, 0.25) is 0 Å². The van der Waals surface area contributed by atoms with E-state index in [0.29, 0.717) is 11.1 Å². The lowest BCUT2D eigenvalue weighted by atomic mass is 9.48. The summed E-state index contributed by atoms with van der Waals surface area (Å²) in [5.74, 6) is 1.22. The van der Waals surface area contributed by atoms with E-state index in [4.69, 9.17) is 0 Å². The standard InChI is InChI=1S/C25H27NO4/c27-21-2-4-23(28)19(9-21)14-26-20-1-3-22(24(29)30)18(8-20)13-25-10-15-5-16(11-25)7-17(6-15)12-25/h1-4,8-9,15-17,26H,5-7,10-14H2,(H,29,30). The number of carboxylic acids is 1. The molecule has 4 bridgehead atoms. The molecule has 156 valence electrons. The molecule has 1 aromatic rings. The summed E-state index contributed by atoms with van der Waals surface area (Å²) >= 11 is 0. The fraction of sp³-hybridized carbons (Fsp3) is 0.480. The zero-order valence-electron chi connectivity index (χ0n) is 17.0. The molecular formula is C25H27NO4. The topological polar surface area (TPSA) is 83.5 Å². The van der Waals surface area contributed by atoms with Crippen LogP contribution in [0.25, 0.3) is 0 Å². The van der Waals surface area contributed by atoms with Crippen molar-refractivity contribution in [2.75, 3.05) is 11.9 Å². The van der Waals surface area contributed by atoms with Gasteiger partial charge in [0, 0.05) is 17.8 Å². The molecule has 0 radical (unpaired) electrons. The average Bonchev–Trinajstić information content (AvgIpc) is 2.67. The third-order valence-electron chi connectivity index (χ3n) is 7.58. The molecule has 4 saturated carbocycles. The van der Waals surface area contributed by atoms with E-state index in [0.717, 1.165) is 35.4 Å². The van der Waals surface area contributed by atoms with E-state index in [2.05, 4.69) is 5.32 Å². The molecule has 0 amide bonds. The number of ketones is 2. The Morgan fingerprint density at radius 3 is 2.33 bits per heavy atom. The smallest absolute Gasteiger partial charge is 0.335 e. The highest BCUT2D eigenvalue weighted by atomic mass is 16.4. The summed E-state index contributed by atoms with van der Waals surface area (Å²) in [5.41, 5.74) is 2.72. The van der Waals surface area contributed by atoms with E-state index in [1.54, 1.807) is 12.1 Å². The summed E-state index contributed by atoms with van der Waals surface area (Å²) < 4.78 is 0. The number of carbonyl (C=O) groups is 3. The number of carbonyl (C=O) groups excluding carboxylic acids is 2. The molecule has 5 aliphatic carbocycles. The van der Waals surface area contributed by atoms with Gasteiger partial charge in [-0.1, -0.05) is 0 Å². The molecular weight excluding hydrogens is 378 g/mol. The third-order valence-corrected chi connectivity index (χ3v) is 7.58. The lowest BCUT2D eigenvalue weighted by molar-refractivity contribution is -0.114. The van der Waals surface area contributed by atoms with Crippen molar-refractivity contribution in [2.24, 2.45) is 23.2 Å². The quantitative estimate of drug-likeness (QED) is 0.694. The Morgan fingerprint density at radius 2 is 1.70 bits per heavy atom. The molecule has 2 N–H and O–H groups in total. The second kappa shape index (κ2) is 7.22. The third kappa shape index (κ3) is 3.62. The van der Waals surface area contributed by atoms with Crippen LogP contribution in [-0.2, 0) is 16.0 Å². The molecule has 0 atom stereocenters. The first-order valence-electron chi connectivity index (χ1n) is 11.0. The Bertz CT molecular complexity index is 952. The Hall–Kier alpha value is -2.69. The molecule has 5 heteroatoms. The van der Waals surface area contributed by atoms with Gasteiger partial charge in [0.25, 0.3) is 0 Å². The molecule has 1 aromatic carbocycles. The lowest BCUT2D eigenvalue weighted by Gasteiger charge is -2.57. The molecule has 0 saturated heterocycles. The maximum atomic E-state index is 12.0. The van der Waals surface area contributed by atoms with Crippen LogP contribution in [0.1, 0.15) is 54.4 Å². The highest BCUT2D eigenvalue weighted by Gasteiger charge is 2.50. The van der Waals surface area contributed by atoms with Gasteiger partial charge >= 0.3 is 5.97 Å². The first-order chi connectivity index (χ1) is 14.4. The van der Waals surface area contributed by atoms with Crippen molar-refractivity contribution in [3.8, 4) is 0 Å². The SMILES string of the molecule is O=C1C=CC(=O)C(CNc2ccc(C(=O)O)c(CC34CC5CC(CC(C5)C3)C4)c2)=C1. The van der Waals surface area contributed by atoms with Crippen molar-refractivity contribution in [1.29, 1.82) is 0 Å². The van der Waals surface area contributed by atoms with Crippen LogP contribution in [0.3, 0.4) is 0 Å². The van der Waals surface area contributed by atoms with E-state index < -0.39 is 5.97 Å². The van der Waals surface area contributed by atoms with Crippen molar-refractivity contribution < 1.29 is 19.5 Å². The van der Waals surface area contributed by atoms with Crippen LogP contribution in [0.5, 0.6) is 0 Å². The molecule has 4 fully saturated rings. The van der Waals surface area contributed by atoms with E-state index >= 15 is 0 Å². The summed E-state index contributed by atoms with van der Waals surface area (Å²) in [5, 5.41) is 13.0. The van der Waals surface area contributed by atoms with Crippen LogP contribution in [-0.4, -0.2) is 29.2 Å². The minimum Gasteiger partial charge on any atom is -0.478 e. The van der Waals surface area contributed by atoms with Crippen molar-refractivity contribution in [2.45, 2.75) is 44.9 Å². The normalized spacial score (nSPS) is 31.7. The molecule has 5 nitrogen and oxygen atoms in total. The largest absolute Gasteiger partial charge is 0.478 e. The molecule has 0 spiro atoms. The number of hydrogen-bond donors (Lipinski definition) is 2. The van der Waals surface area contributed by atoms with E-state index in [1.165, 1.54) is 56.8 Å². The molecule has 0 heterocycles. The number of nitrogens with one attached hydrogen (secondary N) is 1. The minimum atomic E-state index is -0.887.